The van der Waals surface area contributed by atoms with Gasteiger partial charge in [-0.15, -0.1) is 0 Å². The van der Waals surface area contributed by atoms with Crippen LogP contribution >= 0.6 is 0 Å². The van der Waals surface area contributed by atoms with Gasteiger partial charge in [-0.05, 0) is 6.42 Å². The molecule has 0 spiro atoms. The minimum Gasteiger partial charge on any atom is -0.386 e. The molecule has 1 atom stereocenters. The van der Waals surface area contributed by atoms with Gasteiger partial charge in [0.25, 0.3) is 0 Å². The van der Waals surface area contributed by atoms with Crippen molar-refractivity contribution in [3.05, 3.63) is 0 Å². The van der Waals surface area contributed by atoms with Gasteiger partial charge in [-0.2, -0.15) is 0 Å². The summed E-state index contributed by atoms with van der Waals surface area (Å²) in [5.74, 6) is -1.23. The van der Waals surface area contributed by atoms with Crippen LogP contribution in [0, 0.1) is 5.41 Å². The minimum atomic E-state index is -3.73. The average molecular weight is 285 g/mol. The van der Waals surface area contributed by atoms with Crippen LogP contribution in [0.1, 0.15) is 19.8 Å². The van der Waals surface area contributed by atoms with Crippen LogP contribution in [-0.4, -0.2) is 46.5 Å². The molecule has 0 saturated carbocycles. The van der Waals surface area contributed by atoms with Crippen molar-refractivity contribution in [2.75, 3.05) is 17.8 Å². The first kappa shape index (κ1) is 16.3. The largest absolute Gasteiger partial charge is 0.386 e. The van der Waals surface area contributed by atoms with Crippen molar-refractivity contribution in [1.29, 1.82) is 5.41 Å². The molecule has 0 radical (unpaired) electrons. The van der Waals surface area contributed by atoms with Crippen LogP contribution < -0.4 is 10.5 Å². The zero-order chi connectivity index (χ0) is 13.7. The summed E-state index contributed by atoms with van der Waals surface area (Å²) in [4.78, 5) is 0. The summed E-state index contributed by atoms with van der Waals surface area (Å²) in [6.45, 7) is 1.83. The molecule has 0 aliphatic rings. The molecule has 0 aromatic carbocycles. The van der Waals surface area contributed by atoms with E-state index in [1.165, 1.54) is 0 Å². The Morgan fingerprint density at radius 1 is 1.29 bits per heavy atom. The summed E-state index contributed by atoms with van der Waals surface area (Å²) in [5, 5.41) is 7.22. The van der Waals surface area contributed by atoms with Gasteiger partial charge < -0.3 is 5.73 Å². The third kappa shape index (κ3) is 8.11. The highest BCUT2D eigenvalue weighted by molar-refractivity contribution is 7.93. The summed E-state index contributed by atoms with van der Waals surface area (Å²) < 4.78 is 47.0. The molecule has 7 nitrogen and oxygen atoms in total. The molecule has 0 aliphatic carbocycles. The Labute approximate surface area is 102 Å². The lowest BCUT2D eigenvalue weighted by Crippen LogP contribution is -2.45. The van der Waals surface area contributed by atoms with Crippen molar-refractivity contribution in [2.24, 2.45) is 5.73 Å². The highest BCUT2D eigenvalue weighted by Gasteiger charge is 2.20. The lowest BCUT2D eigenvalue weighted by atomic mass is 10.2. The molecule has 0 saturated heterocycles. The Bertz CT molecular complexity index is 455. The molecule has 9 heteroatoms. The van der Waals surface area contributed by atoms with E-state index in [0.29, 0.717) is 12.8 Å². The second kappa shape index (κ2) is 6.31. The van der Waals surface area contributed by atoms with Gasteiger partial charge >= 0.3 is 0 Å². The van der Waals surface area contributed by atoms with E-state index in [1.54, 1.807) is 0 Å². The van der Waals surface area contributed by atoms with Gasteiger partial charge in [0, 0.05) is 6.26 Å². The van der Waals surface area contributed by atoms with Crippen LogP contribution in [0.15, 0.2) is 0 Å². The average Bonchev–Trinajstić information content (AvgIpc) is 2.13. The normalized spacial score (nSPS) is 14.5. The molecule has 1 unspecified atom stereocenters. The fraction of sp³-hybridized carbons (Fsp3) is 0.875. The Balaban J connectivity index is 4.57. The van der Waals surface area contributed by atoms with E-state index in [-0.39, 0.29) is 5.84 Å². The molecule has 4 N–H and O–H groups in total. The number of sulfonamides is 1. The topological polar surface area (TPSA) is 130 Å². The van der Waals surface area contributed by atoms with Crippen molar-refractivity contribution < 1.29 is 16.8 Å². The Kier molecular flexibility index (Phi) is 6.06. The van der Waals surface area contributed by atoms with Gasteiger partial charge in [-0.1, -0.05) is 13.3 Å². The third-order valence-corrected chi connectivity index (χ3v) is 4.59. The number of nitrogens with one attached hydrogen (secondary N) is 2. The highest BCUT2D eigenvalue weighted by Crippen LogP contribution is 2.00. The monoisotopic (exact) mass is 285 g/mol. The SMILES string of the molecule is CCCC(NS(=O)(=O)CCS(C)(=O)=O)C(=N)N. The fourth-order valence-electron chi connectivity index (χ4n) is 1.10. The van der Waals surface area contributed by atoms with Crippen molar-refractivity contribution in [2.45, 2.75) is 25.8 Å². The van der Waals surface area contributed by atoms with Crippen LogP contribution in [-0.2, 0) is 19.9 Å². The van der Waals surface area contributed by atoms with Gasteiger partial charge in [0.15, 0.2) is 0 Å². The molecule has 0 aromatic rings. The van der Waals surface area contributed by atoms with Crippen LogP contribution in [0.5, 0.6) is 0 Å². The first-order valence-electron chi connectivity index (χ1n) is 5.09. The van der Waals surface area contributed by atoms with Gasteiger partial charge in [0.2, 0.25) is 10.0 Å². The van der Waals surface area contributed by atoms with Gasteiger partial charge in [0.05, 0.1) is 17.5 Å². The Morgan fingerprint density at radius 2 is 1.82 bits per heavy atom. The highest BCUT2D eigenvalue weighted by atomic mass is 32.2. The Hall–Kier alpha value is -0.670. The fourth-order valence-corrected chi connectivity index (χ4v) is 3.99. The van der Waals surface area contributed by atoms with Gasteiger partial charge in [0.1, 0.15) is 15.7 Å². The van der Waals surface area contributed by atoms with Crippen molar-refractivity contribution in [3.8, 4) is 0 Å². The molecular weight excluding hydrogens is 266 g/mol. The number of hydrogen-bond donors (Lipinski definition) is 3. The summed E-state index contributed by atoms with van der Waals surface area (Å²) >= 11 is 0. The summed E-state index contributed by atoms with van der Waals surface area (Å²) in [6.07, 6.45) is 2.04. The zero-order valence-electron chi connectivity index (χ0n) is 9.93. The van der Waals surface area contributed by atoms with Gasteiger partial charge in [-0.25, -0.2) is 21.6 Å². The van der Waals surface area contributed by atoms with E-state index in [2.05, 4.69) is 4.72 Å². The minimum absolute atomic E-state index is 0.269. The molecule has 0 bridgehead atoms. The van der Waals surface area contributed by atoms with E-state index in [9.17, 15) is 16.8 Å². The standard InChI is InChI=1S/C8H19N3O4S2/c1-3-4-7(8(9)10)11-17(14,15)6-5-16(2,12)13/h7,11H,3-6H2,1-2H3,(H3,9,10). The number of amidine groups is 1. The van der Waals surface area contributed by atoms with E-state index >= 15 is 0 Å². The maximum Gasteiger partial charge on any atom is 0.213 e. The molecule has 0 heterocycles. The molecule has 0 fully saturated rings. The van der Waals surface area contributed by atoms with Crippen LogP contribution in [0.4, 0.5) is 0 Å². The molecule has 0 aromatic heterocycles. The molecule has 102 valence electrons. The summed E-state index contributed by atoms with van der Waals surface area (Å²) in [7, 11) is -7.06. The van der Waals surface area contributed by atoms with Crippen LogP contribution in [0.2, 0.25) is 0 Å². The van der Waals surface area contributed by atoms with Crippen molar-refractivity contribution in [1.82, 2.24) is 4.72 Å². The predicted octanol–water partition coefficient (Wildman–Crippen LogP) is -0.945. The first-order chi connectivity index (χ1) is 7.57. The summed E-state index contributed by atoms with van der Waals surface area (Å²) in [6, 6.07) is -0.760. The predicted molar refractivity (Wildman–Crippen MR) is 67.2 cm³/mol. The lowest BCUT2D eigenvalue weighted by Gasteiger charge is -2.16. The number of rotatable bonds is 8. The molecular formula is C8H19N3O4S2. The smallest absolute Gasteiger partial charge is 0.213 e. The lowest BCUT2D eigenvalue weighted by molar-refractivity contribution is 0.564. The molecule has 17 heavy (non-hydrogen) atoms. The van der Waals surface area contributed by atoms with Crippen molar-refractivity contribution >= 4 is 25.7 Å². The number of nitrogens with two attached hydrogens (primary N) is 1. The van der Waals surface area contributed by atoms with E-state index < -0.39 is 37.4 Å². The van der Waals surface area contributed by atoms with E-state index in [1.807, 2.05) is 6.92 Å². The maximum absolute atomic E-state index is 11.5. The Morgan fingerprint density at radius 3 is 2.18 bits per heavy atom. The van der Waals surface area contributed by atoms with Gasteiger partial charge in [-0.3, -0.25) is 5.41 Å². The maximum atomic E-state index is 11.5. The molecule has 0 amide bonds. The second-order valence-corrected chi connectivity index (χ2v) is 8.00. The number of hydrogen-bond acceptors (Lipinski definition) is 5. The summed E-state index contributed by atoms with van der Waals surface area (Å²) in [5.41, 5.74) is 5.25. The second-order valence-electron chi connectivity index (χ2n) is 3.86. The molecule has 0 rings (SSSR count). The van der Waals surface area contributed by atoms with Crippen LogP contribution in [0.3, 0.4) is 0 Å². The first-order valence-corrected chi connectivity index (χ1v) is 8.80. The quantitative estimate of drug-likeness (QED) is 0.391. The van der Waals surface area contributed by atoms with Crippen LogP contribution in [0.25, 0.3) is 0 Å². The van der Waals surface area contributed by atoms with E-state index in [0.717, 1.165) is 6.26 Å². The third-order valence-electron chi connectivity index (χ3n) is 2.00. The van der Waals surface area contributed by atoms with E-state index in [4.69, 9.17) is 11.1 Å². The number of sulfone groups is 1. The molecule has 0 aliphatic heterocycles. The zero-order valence-corrected chi connectivity index (χ0v) is 11.6. The van der Waals surface area contributed by atoms with Crippen molar-refractivity contribution in [3.63, 3.8) is 0 Å².